The Hall–Kier alpha value is -0.610. The van der Waals surface area contributed by atoms with Gasteiger partial charge in [-0.1, -0.05) is 6.42 Å². The van der Waals surface area contributed by atoms with E-state index in [1.54, 1.807) is 6.92 Å². The molecule has 1 atom stereocenters. The number of aliphatic hydroxyl groups excluding tert-OH is 1. The summed E-state index contributed by atoms with van der Waals surface area (Å²) in [6.07, 6.45) is 3.75. The second-order valence-corrected chi connectivity index (χ2v) is 3.59. The first-order valence-electron chi connectivity index (χ1n) is 5.31. The van der Waals surface area contributed by atoms with Crippen LogP contribution in [0.2, 0.25) is 0 Å². The highest BCUT2D eigenvalue weighted by Crippen LogP contribution is 1.98. The Kier molecular flexibility index (Phi) is 8.57. The van der Waals surface area contributed by atoms with Crippen molar-refractivity contribution in [2.45, 2.75) is 45.1 Å². The first-order valence-corrected chi connectivity index (χ1v) is 5.31. The van der Waals surface area contributed by atoms with Crippen LogP contribution in [0.15, 0.2) is 0 Å². The van der Waals surface area contributed by atoms with Crippen molar-refractivity contribution in [3.05, 3.63) is 0 Å². The number of unbranched alkanes of at least 4 members (excludes halogenated alkanes) is 2. The highest BCUT2D eigenvalue weighted by molar-refractivity contribution is 5.75. The van der Waals surface area contributed by atoms with Crippen molar-refractivity contribution < 1.29 is 9.90 Å². The summed E-state index contributed by atoms with van der Waals surface area (Å²) in [7, 11) is 0. The van der Waals surface area contributed by atoms with Crippen LogP contribution in [0.4, 0.5) is 0 Å². The van der Waals surface area contributed by atoms with Gasteiger partial charge in [0, 0.05) is 13.0 Å². The van der Waals surface area contributed by atoms with E-state index in [0.29, 0.717) is 25.9 Å². The molecule has 0 aromatic rings. The fourth-order valence-electron chi connectivity index (χ4n) is 1.12. The molecule has 0 aromatic carbocycles. The molecule has 84 valence electrons. The van der Waals surface area contributed by atoms with Gasteiger partial charge in [-0.2, -0.15) is 0 Å². The van der Waals surface area contributed by atoms with E-state index in [4.69, 9.17) is 10.8 Å². The average Bonchev–Trinajstić information content (AvgIpc) is 2.12. The summed E-state index contributed by atoms with van der Waals surface area (Å²) in [6.45, 7) is 2.98. The molecule has 0 rings (SSSR count). The molecule has 4 N–H and O–H groups in total. The van der Waals surface area contributed by atoms with Crippen molar-refractivity contribution in [3.8, 4) is 0 Å². The number of rotatable bonds is 8. The zero-order valence-corrected chi connectivity index (χ0v) is 8.96. The number of carbonyl (C=O) groups excluding carboxylic acids is 1. The summed E-state index contributed by atoms with van der Waals surface area (Å²) in [6, 6.07) is 0. The molecule has 0 aromatic heterocycles. The van der Waals surface area contributed by atoms with Crippen molar-refractivity contribution in [1.29, 1.82) is 0 Å². The van der Waals surface area contributed by atoms with Gasteiger partial charge in [0.25, 0.3) is 0 Å². The summed E-state index contributed by atoms with van der Waals surface area (Å²) in [5, 5.41) is 11.7. The van der Waals surface area contributed by atoms with Gasteiger partial charge in [-0.25, -0.2) is 0 Å². The van der Waals surface area contributed by atoms with Crippen molar-refractivity contribution in [1.82, 2.24) is 5.32 Å². The molecule has 0 spiro atoms. The molecule has 0 aliphatic rings. The van der Waals surface area contributed by atoms with E-state index in [0.717, 1.165) is 19.3 Å². The van der Waals surface area contributed by atoms with Gasteiger partial charge < -0.3 is 16.2 Å². The molecular formula is C10H22N2O2. The summed E-state index contributed by atoms with van der Waals surface area (Å²) in [5.74, 6) is 0.0719. The zero-order valence-electron chi connectivity index (χ0n) is 8.96. The predicted molar refractivity (Wildman–Crippen MR) is 56.8 cm³/mol. The third kappa shape index (κ3) is 9.48. The third-order valence-corrected chi connectivity index (χ3v) is 1.99. The van der Waals surface area contributed by atoms with Crippen LogP contribution < -0.4 is 11.1 Å². The molecule has 1 amide bonds. The van der Waals surface area contributed by atoms with E-state index in [-0.39, 0.29) is 12.0 Å². The van der Waals surface area contributed by atoms with Crippen molar-refractivity contribution in [2.24, 2.45) is 5.73 Å². The number of amides is 1. The molecule has 0 saturated heterocycles. The monoisotopic (exact) mass is 202 g/mol. The van der Waals surface area contributed by atoms with Crippen molar-refractivity contribution in [2.75, 3.05) is 13.1 Å². The number of hydrogen-bond donors (Lipinski definition) is 3. The van der Waals surface area contributed by atoms with Gasteiger partial charge in [0.15, 0.2) is 0 Å². The van der Waals surface area contributed by atoms with Gasteiger partial charge in [0.05, 0.1) is 6.10 Å². The molecule has 0 radical (unpaired) electrons. The smallest absolute Gasteiger partial charge is 0.219 e. The van der Waals surface area contributed by atoms with Crippen LogP contribution in [0.25, 0.3) is 0 Å². The lowest BCUT2D eigenvalue weighted by molar-refractivity contribution is -0.121. The number of hydrogen-bond acceptors (Lipinski definition) is 3. The van der Waals surface area contributed by atoms with E-state index in [1.165, 1.54) is 0 Å². The Bertz CT molecular complexity index is 149. The fraction of sp³-hybridized carbons (Fsp3) is 0.900. The molecule has 1 unspecified atom stereocenters. The van der Waals surface area contributed by atoms with Gasteiger partial charge in [-0.05, 0) is 32.7 Å². The minimum atomic E-state index is -0.340. The lowest BCUT2D eigenvalue weighted by atomic mass is 10.2. The van der Waals surface area contributed by atoms with Crippen LogP contribution in [0.5, 0.6) is 0 Å². The van der Waals surface area contributed by atoms with E-state index in [9.17, 15) is 4.79 Å². The Morgan fingerprint density at radius 1 is 1.43 bits per heavy atom. The lowest BCUT2D eigenvalue weighted by Crippen LogP contribution is -2.26. The van der Waals surface area contributed by atoms with Gasteiger partial charge in [-0.3, -0.25) is 4.79 Å². The molecule has 4 heteroatoms. The number of nitrogens with two attached hydrogens (primary N) is 1. The maximum absolute atomic E-state index is 11.2. The van der Waals surface area contributed by atoms with Crippen LogP contribution in [-0.2, 0) is 4.79 Å². The Morgan fingerprint density at radius 2 is 2.14 bits per heavy atom. The third-order valence-electron chi connectivity index (χ3n) is 1.99. The maximum Gasteiger partial charge on any atom is 0.219 e. The highest BCUT2D eigenvalue weighted by atomic mass is 16.3. The fourth-order valence-corrected chi connectivity index (χ4v) is 1.12. The van der Waals surface area contributed by atoms with E-state index in [1.807, 2.05) is 0 Å². The summed E-state index contributed by atoms with van der Waals surface area (Å²) < 4.78 is 0. The molecule has 0 fully saturated rings. The van der Waals surface area contributed by atoms with Crippen LogP contribution in [0.3, 0.4) is 0 Å². The standard InChI is InChI=1S/C10H22N2O2/c1-9(13)6-8-12-10(14)5-3-2-4-7-11/h9,13H,2-8,11H2,1H3,(H,12,14). The van der Waals surface area contributed by atoms with E-state index in [2.05, 4.69) is 5.32 Å². The molecule has 0 heterocycles. The first kappa shape index (κ1) is 13.4. The van der Waals surface area contributed by atoms with Crippen molar-refractivity contribution >= 4 is 5.91 Å². The molecule has 0 bridgehead atoms. The molecule has 0 aliphatic carbocycles. The average molecular weight is 202 g/mol. The zero-order chi connectivity index (χ0) is 10.8. The summed E-state index contributed by atoms with van der Waals surface area (Å²) in [4.78, 5) is 11.2. The summed E-state index contributed by atoms with van der Waals surface area (Å²) in [5.41, 5.74) is 5.33. The number of carbonyl (C=O) groups is 1. The second-order valence-electron chi connectivity index (χ2n) is 3.59. The summed E-state index contributed by atoms with van der Waals surface area (Å²) >= 11 is 0. The predicted octanol–water partition coefficient (Wildman–Crippen LogP) is 0.393. The highest BCUT2D eigenvalue weighted by Gasteiger charge is 2.01. The first-order chi connectivity index (χ1) is 6.66. The normalized spacial score (nSPS) is 12.5. The van der Waals surface area contributed by atoms with E-state index >= 15 is 0 Å². The SMILES string of the molecule is CC(O)CCNC(=O)CCCCCN. The largest absolute Gasteiger partial charge is 0.393 e. The second kappa shape index (κ2) is 8.97. The van der Waals surface area contributed by atoms with Crippen LogP contribution in [0.1, 0.15) is 39.0 Å². The molecular weight excluding hydrogens is 180 g/mol. The van der Waals surface area contributed by atoms with Crippen molar-refractivity contribution in [3.63, 3.8) is 0 Å². The molecule has 0 aliphatic heterocycles. The Balaban J connectivity index is 3.20. The van der Waals surface area contributed by atoms with Gasteiger partial charge in [0.1, 0.15) is 0 Å². The molecule has 0 saturated carbocycles. The molecule has 4 nitrogen and oxygen atoms in total. The van der Waals surface area contributed by atoms with E-state index < -0.39 is 0 Å². The lowest BCUT2D eigenvalue weighted by Gasteiger charge is -2.06. The Labute approximate surface area is 85.9 Å². The topological polar surface area (TPSA) is 75.3 Å². The quantitative estimate of drug-likeness (QED) is 0.498. The number of nitrogens with one attached hydrogen (secondary N) is 1. The van der Waals surface area contributed by atoms with Gasteiger partial charge in [0.2, 0.25) is 5.91 Å². The minimum absolute atomic E-state index is 0.0719. The van der Waals surface area contributed by atoms with Gasteiger partial charge >= 0.3 is 0 Å². The minimum Gasteiger partial charge on any atom is -0.393 e. The number of aliphatic hydroxyl groups is 1. The maximum atomic E-state index is 11.2. The van der Waals surface area contributed by atoms with Crippen LogP contribution in [0, 0.1) is 0 Å². The Morgan fingerprint density at radius 3 is 2.71 bits per heavy atom. The van der Waals surface area contributed by atoms with Gasteiger partial charge in [-0.15, -0.1) is 0 Å². The van der Waals surface area contributed by atoms with Crippen LogP contribution in [-0.4, -0.2) is 30.2 Å². The van der Waals surface area contributed by atoms with Crippen LogP contribution >= 0.6 is 0 Å². The molecule has 14 heavy (non-hydrogen) atoms.